The Balaban J connectivity index is 2.56. The van der Waals surface area contributed by atoms with Gasteiger partial charge in [0.1, 0.15) is 0 Å². The van der Waals surface area contributed by atoms with E-state index in [-0.39, 0.29) is 17.2 Å². The maximum Gasteiger partial charge on any atom is 0.224 e. The lowest BCUT2D eigenvalue weighted by molar-refractivity contribution is -0.120. The van der Waals surface area contributed by atoms with Crippen LogP contribution in [0.2, 0.25) is 0 Å². The molecule has 0 aromatic heterocycles. The fraction of sp³-hybridized carbons (Fsp3) is 0.417. The number of ether oxygens (including phenoxy) is 1. The molecular weight excluding hydrogens is 254 g/mol. The topological polar surface area (TPSA) is 72.5 Å². The normalized spacial score (nSPS) is 11.2. The van der Waals surface area contributed by atoms with E-state index >= 15 is 0 Å². The van der Waals surface area contributed by atoms with E-state index in [0.717, 1.165) is 11.8 Å². The zero-order valence-corrected chi connectivity index (χ0v) is 11.3. The van der Waals surface area contributed by atoms with Gasteiger partial charge in [-0.05, 0) is 17.7 Å². The maximum atomic E-state index is 11.5. The van der Waals surface area contributed by atoms with Crippen molar-refractivity contribution in [2.75, 3.05) is 26.5 Å². The smallest absolute Gasteiger partial charge is 0.224 e. The van der Waals surface area contributed by atoms with E-state index in [4.69, 9.17) is 4.74 Å². The van der Waals surface area contributed by atoms with Crippen LogP contribution in [-0.4, -0.2) is 40.8 Å². The summed E-state index contributed by atoms with van der Waals surface area (Å²) >= 11 is 0. The Morgan fingerprint density at radius 2 is 1.89 bits per heavy atom. The second-order valence-corrected chi connectivity index (χ2v) is 5.95. The summed E-state index contributed by atoms with van der Waals surface area (Å²) in [7, 11) is -1.62. The number of sulfone groups is 1. The predicted molar refractivity (Wildman–Crippen MR) is 68.1 cm³/mol. The summed E-state index contributed by atoms with van der Waals surface area (Å²) < 4.78 is 27.3. The largest absolute Gasteiger partial charge is 0.383 e. The SMILES string of the molecule is COCCNC(=O)Cc1ccc(S(C)(=O)=O)cc1. The molecule has 0 aliphatic rings. The molecule has 0 radical (unpaired) electrons. The summed E-state index contributed by atoms with van der Waals surface area (Å²) in [4.78, 5) is 11.7. The zero-order chi connectivity index (χ0) is 13.6. The summed E-state index contributed by atoms with van der Waals surface area (Å²) in [5, 5.41) is 2.69. The van der Waals surface area contributed by atoms with Crippen LogP contribution in [0.3, 0.4) is 0 Å². The number of carbonyl (C=O) groups excluding carboxylic acids is 1. The molecule has 18 heavy (non-hydrogen) atoms. The highest BCUT2D eigenvalue weighted by Crippen LogP contribution is 2.10. The molecule has 5 nitrogen and oxygen atoms in total. The lowest BCUT2D eigenvalue weighted by Gasteiger charge is -2.05. The third-order valence-corrected chi connectivity index (χ3v) is 3.47. The predicted octanol–water partition coefficient (Wildman–Crippen LogP) is 0.395. The Labute approximate surface area is 107 Å². The molecule has 100 valence electrons. The molecule has 1 N–H and O–H groups in total. The van der Waals surface area contributed by atoms with Crippen molar-refractivity contribution in [3.8, 4) is 0 Å². The van der Waals surface area contributed by atoms with Crippen molar-refractivity contribution < 1.29 is 17.9 Å². The van der Waals surface area contributed by atoms with Crippen molar-refractivity contribution in [2.24, 2.45) is 0 Å². The molecule has 0 heterocycles. The second kappa shape index (κ2) is 6.51. The van der Waals surface area contributed by atoms with Crippen LogP contribution in [0.25, 0.3) is 0 Å². The van der Waals surface area contributed by atoms with Crippen molar-refractivity contribution in [3.05, 3.63) is 29.8 Å². The first-order chi connectivity index (χ1) is 8.43. The molecule has 1 aromatic carbocycles. The first kappa shape index (κ1) is 14.7. The van der Waals surface area contributed by atoms with Gasteiger partial charge >= 0.3 is 0 Å². The fourth-order valence-electron chi connectivity index (χ4n) is 1.39. The molecule has 0 fully saturated rings. The van der Waals surface area contributed by atoms with Crippen molar-refractivity contribution >= 4 is 15.7 Å². The van der Waals surface area contributed by atoms with Crippen molar-refractivity contribution in [3.63, 3.8) is 0 Å². The highest BCUT2D eigenvalue weighted by Gasteiger charge is 2.07. The molecule has 0 saturated heterocycles. The van der Waals surface area contributed by atoms with Crippen molar-refractivity contribution in [1.29, 1.82) is 0 Å². The third-order valence-electron chi connectivity index (χ3n) is 2.34. The standard InChI is InChI=1S/C12H17NO4S/c1-17-8-7-13-12(14)9-10-3-5-11(6-4-10)18(2,15)16/h3-6H,7-9H2,1-2H3,(H,13,14). The first-order valence-corrected chi connectivity index (χ1v) is 7.37. The van der Waals surface area contributed by atoms with Gasteiger partial charge in [0.2, 0.25) is 5.91 Å². The Bertz CT molecular complexity index is 493. The van der Waals surface area contributed by atoms with E-state index in [1.54, 1.807) is 19.2 Å². The van der Waals surface area contributed by atoms with E-state index in [1.807, 2.05) is 0 Å². The monoisotopic (exact) mass is 271 g/mol. The first-order valence-electron chi connectivity index (χ1n) is 5.48. The van der Waals surface area contributed by atoms with Gasteiger partial charge in [0.25, 0.3) is 0 Å². The van der Waals surface area contributed by atoms with E-state index in [0.29, 0.717) is 13.2 Å². The van der Waals surface area contributed by atoms with Gasteiger partial charge in [-0.3, -0.25) is 4.79 Å². The molecule has 1 aromatic rings. The molecule has 6 heteroatoms. The van der Waals surface area contributed by atoms with Crippen LogP contribution in [-0.2, 0) is 25.8 Å². The molecule has 1 rings (SSSR count). The van der Waals surface area contributed by atoms with Crippen LogP contribution >= 0.6 is 0 Å². The highest BCUT2D eigenvalue weighted by atomic mass is 32.2. The quantitative estimate of drug-likeness (QED) is 0.760. The molecule has 1 amide bonds. The van der Waals surface area contributed by atoms with Gasteiger partial charge in [-0.15, -0.1) is 0 Å². The summed E-state index contributed by atoms with van der Waals surface area (Å²) in [5.41, 5.74) is 0.775. The Kier molecular flexibility index (Phi) is 5.30. The lowest BCUT2D eigenvalue weighted by atomic mass is 10.1. The average Bonchev–Trinajstić information content (AvgIpc) is 2.29. The molecule has 0 saturated carbocycles. The number of methoxy groups -OCH3 is 1. The minimum atomic E-state index is -3.18. The fourth-order valence-corrected chi connectivity index (χ4v) is 2.03. The second-order valence-electron chi connectivity index (χ2n) is 3.94. The van der Waals surface area contributed by atoms with E-state index in [2.05, 4.69) is 5.32 Å². The average molecular weight is 271 g/mol. The van der Waals surface area contributed by atoms with Gasteiger partial charge in [-0.1, -0.05) is 12.1 Å². The van der Waals surface area contributed by atoms with Crippen molar-refractivity contribution in [2.45, 2.75) is 11.3 Å². The Morgan fingerprint density at radius 3 is 2.39 bits per heavy atom. The minimum Gasteiger partial charge on any atom is -0.383 e. The summed E-state index contributed by atoms with van der Waals surface area (Å²) in [6.07, 6.45) is 1.38. The van der Waals surface area contributed by atoms with Gasteiger partial charge in [-0.2, -0.15) is 0 Å². The molecule has 0 unspecified atom stereocenters. The van der Waals surface area contributed by atoms with Crippen molar-refractivity contribution in [1.82, 2.24) is 5.32 Å². The van der Waals surface area contributed by atoms with Crippen LogP contribution in [0.5, 0.6) is 0 Å². The third kappa shape index (κ3) is 4.85. The van der Waals surface area contributed by atoms with E-state index in [1.165, 1.54) is 12.1 Å². The Hall–Kier alpha value is -1.40. The number of hydrogen-bond donors (Lipinski definition) is 1. The number of benzene rings is 1. The molecular formula is C12H17NO4S. The van der Waals surface area contributed by atoms with Gasteiger partial charge < -0.3 is 10.1 Å². The molecule has 0 bridgehead atoms. The summed E-state index contributed by atoms with van der Waals surface area (Å²) in [6.45, 7) is 0.940. The maximum absolute atomic E-state index is 11.5. The molecule has 0 atom stereocenters. The van der Waals surface area contributed by atoms with Gasteiger partial charge in [0.05, 0.1) is 17.9 Å². The number of rotatable bonds is 6. The Morgan fingerprint density at radius 1 is 1.28 bits per heavy atom. The molecule has 0 spiro atoms. The zero-order valence-electron chi connectivity index (χ0n) is 10.5. The number of amides is 1. The molecule has 0 aliphatic heterocycles. The number of carbonyl (C=O) groups is 1. The van der Waals surface area contributed by atoms with Crippen LogP contribution in [0.15, 0.2) is 29.2 Å². The highest BCUT2D eigenvalue weighted by molar-refractivity contribution is 7.90. The lowest BCUT2D eigenvalue weighted by Crippen LogP contribution is -2.28. The van der Waals surface area contributed by atoms with E-state index < -0.39 is 9.84 Å². The van der Waals surface area contributed by atoms with Crippen LogP contribution in [0.1, 0.15) is 5.56 Å². The van der Waals surface area contributed by atoms with Crippen LogP contribution < -0.4 is 5.32 Å². The van der Waals surface area contributed by atoms with Crippen LogP contribution in [0, 0.1) is 0 Å². The minimum absolute atomic E-state index is 0.112. The number of nitrogens with one attached hydrogen (secondary N) is 1. The van der Waals surface area contributed by atoms with Crippen LogP contribution in [0.4, 0.5) is 0 Å². The molecule has 0 aliphatic carbocycles. The van der Waals surface area contributed by atoms with E-state index in [9.17, 15) is 13.2 Å². The van der Waals surface area contributed by atoms with Gasteiger partial charge in [0.15, 0.2) is 9.84 Å². The summed E-state index contributed by atoms with van der Waals surface area (Å²) in [6, 6.07) is 6.30. The van der Waals surface area contributed by atoms with Gasteiger partial charge in [-0.25, -0.2) is 8.42 Å². The summed E-state index contributed by atoms with van der Waals surface area (Å²) in [5.74, 6) is -0.112. The number of hydrogen-bond acceptors (Lipinski definition) is 4. The van der Waals surface area contributed by atoms with Gasteiger partial charge in [0, 0.05) is 19.9 Å².